The summed E-state index contributed by atoms with van der Waals surface area (Å²) in [4.78, 5) is 0. The lowest BCUT2D eigenvalue weighted by Gasteiger charge is -2.33. The zero-order valence-electron chi connectivity index (χ0n) is 10.1. The molecule has 16 heavy (non-hydrogen) atoms. The number of anilines is 1. The van der Waals surface area contributed by atoms with Crippen LogP contribution in [-0.4, -0.2) is 12.1 Å². The second-order valence-corrected chi connectivity index (χ2v) is 4.66. The quantitative estimate of drug-likeness (QED) is 0.797. The van der Waals surface area contributed by atoms with Gasteiger partial charge in [-0.25, -0.2) is 0 Å². The van der Waals surface area contributed by atoms with Crippen LogP contribution in [-0.2, 0) is 0 Å². The zero-order valence-corrected chi connectivity index (χ0v) is 10.8. The summed E-state index contributed by atoms with van der Waals surface area (Å²) in [6, 6.07) is 7.80. The normalized spacial score (nSPS) is 14.5. The van der Waals surface area contributed by atoms with Gasteiger partial charge in [-0.3, -0.25) is 0 Å². The summed E-state index contributed by atoms with van der Waals surface area (Å²) >= 11 is 5.97. The molecule has 3 N–H and O–H groups in total. The van der Waals surface area contributed by atoms with Crippen molar-refractivity contribution >= 4 is 17.3 Å². The Morgan fingerprint density at radius 3 is 2.62 bits per heavy atom. The Kier molecular flexibility index (Phi) is 5.10. The predicted octanol–water partition coefficient (Wildman–Crippen LogP) is 3.66. The molecule has 0 saturated heterocycles. The average molecular weight is 241 g/mol. The van der Waals surface area contributed by atoms with Crippen LogP contribution in [0.15, 0.2) is 24.3 Å². The van der Waals surface area contributed by atoms with E-state index in [0.717, 1.165) is 30.0 Å². The fourth-order valence-corrected chi connectivity index (χ4v) is 2.17. The van der Waals surface area contributed by atoms with Crippen LogP contribution in [0.2, 0.25) is 5.02 Å². The van der Waals surface area contributed by atoms with E-state index in [2.05, 4.69) is 19.2 Å². The van der Waals surface area contributed by atoms with Crippen LogP contribution in [0.5, 0.6) is 0 Å². The Morgan fingerprint density at radius 1 is 1.38 bits per heavy atom. The van der Waals surface area contributed by atoms with Gasteiger partial charge in [0.15, 0.2) is 0 Å². The van der Waals surface area contributed by atoms with Crippen molar-refractivity contribution in [3.63, 3.8) is 0 Å². The SMILES string of the molecule is CCCC(CC)(CN)Nc1cccc(Cl)c1. The second kappa shape index (κ2) is 6.12. The van der Waals surface area contributed by atoms with Gasteiger partial charge >= 0.3 is 0 Å². The maximum Gasteiger partial charge on any atom is 0.0493 e. The van der Waals surface area contributed by atoms with Gasteiger partial charge in [0.2, 0.25) is 0 Å². The topological polar surface area (TPSA) is 38.0 Å². The van der Waals surface area contributed by atoms with E-state index < -0.39 is 0 Å². The highest BCUT2D eigenvalue weighted by Crippen LogP contribution is 2.24. The third-order valence-corrected chi connectivity index (χ3v) is 3.27. The fraction of sp³-hybridized carbons (Fsp3) is 0.538. The standard InChI is InChI=1S/C13H21ClN2/c1-3-8-13(4-2,10-15)16-12-7-5-6-11(14)9-12/h5-7,9,16H,3-4,8,10,15H2,1-2H3. The van der Waals surface area contributed by atoms with Gasteiger partial charge in [-0.05, 0) is 31.0 Å². The van der Waals surface area contributed by atoms with Crippen molar-refractivity contribution in [3.8, 4) is 0 Å². The summed E-state index contributed by atoms with van der Waals surface area (Å²) in [6.07, 6.45) is 3.22. The first kappa shape index (κ1) is 13.3. The van der Waals surface area contributed by atoms with E-state index in [1.165, 1.54) is 0 Å². The monoisotopic (exact) mass is 240 g/mol. The van der Waals surface area contributed by atoms with Gasteiger partial charge < -0.3 is 11.1 Å². The molecule has 1 unspecified atom stereocenters. The smallest absolute Gasteiger partial charge is 0.0493 e. The molecule has 0 radical (unpaired) electrons. The maximum absolute atomic E-state index is 5.97. The Hall–Kier alpha value is -0.730. The number of halogens is 1. The average Bonchev–Trinajstić information content (AvgIpc) is 2.28. The summed E-state index contributed by atoms with van der Waals surface area (Å²) in [5, 5.41) is 4.28. The summed E-state index contributed by atoms with van der Waals surface area (Å²) in [5.41, 5.74) is 6.94. The van der Waals surface area contributed by atoms with E-state index in [9.17, 15) is 0 Å². The van der Waals surface area contributed by atoms with Crippen LogP contribution in [0.4, 0.5) is 5.69 Å². The molecule has 0 aliphatic rings. The number of hydrogen-bond donors (Lipinski definition) is 2. The van der Waals surface area contributed by atoms with Crippen molar-refractivity contribution in [2.24, 2.45) is 5.73 Å². The van der Waals surface area contributed by atoms with Gasteiger partial charge in [-0.15, -0.1) is 0 Å². The fourth-order valence-electron chi connectivity index (χ4n) is 1.98. The van der Waals surface area contributed by atoms with E-state index in [1.807, 2.05) is 24.3 Å². The Balaban J connectivity index is 2.82. The zero-order chi connectivity index (χ0) is 12.0. The van der Waals surface area contributed by atoms with Crippen molar-refractivity contribution in [1.82, 2.24) is 0 Å². The molecular formula is C13H21ClN2. The number of benzene rings is 1. The number of hydrogen-bond acceptors (Lipinski definition) is 2. The minimum Gasteiger partial charge on any atom is -0.378 e. The van der Waals surface area contributed by atoms with E-state index in [1.54, 1.807) is 0 Å². The van der Waals surface area contributed by atoms with Crippen molar-refractivity contribution < 1.29 is 0 Å². The number of rotatable bonds is 6. The van der Waals surface area contributed by atoms with Crippen molar-refractivity contribution in [2.45, 2.75) is 38.6 Å². The lowest BCUT2D eigenvalue weighted by molar-refractivity contribution is 0.422. The molecule has 0 heterocycles. The summed E-state index contributed by atoms with van der Waals surface area (Å²) < 4.78 is 0. The van der Waals surface area contributed by atoms with E-state index in [4.69, 9.17) is 17.3 Å². The van der Waals surface area contributed by atoms with Crippen molar-refractivity contribution in [1.29, 1.82) is 0 Å². The largest absolute Gasteiger partial charge is 0.378 e. The lowest BCUT2D eigenvalue weighted by Crippen LogP contribution is -2.44. The van der Waals surface area contributed by atoms with Gasteiger partial charge in [0.25, 0.3) is 0 Å². The number of nitrogens with one attached hydrogen (secondary N) is 1. The molecule has 1 aromatic carbocycles. The van der Waals surface area contributed by atoms with Crippen LogP contribution < -0.4 is 11.1 Å². The van der Waals surface area contributed by atoms with Crippen LogP contribution in [0.25, 0.3) is 0 Å². The Morgan fingerprint density at radius 2 is 2.12 bits per heavy atom. The first-order valence-electron chi connectivity index (χ1n) is 5.89. The molecule has 3 heteroatoms. The predicted molar refractivity (Wildman–Crippen MR) is 72.1 cm³/mol. The van der Waals surface area contributed by atoms with Gasteiger partial charge in [0, 0.05) is 22.8 Å². The summed E-state index contributed by atoms with van der Waals surface area (Å²) in [6.45, 7) is 4.99. The number of nitrogens with two attached hydrogens (primary N) is 1. The second-order valence-electron chi connectivity index (χ2n) is 4.22. The molecule has 90 valence electrons. The molecule has 1 rings (SSSR count). The first-order valence-corrected chi connectivity index (χ1v) is 6.27. The minimum atomic E-state index is -0.000563. The minimum absolute atomic E-state index is 0.000563. The molecule has 0 spiro atoms. The lowest BCUT2D eigenvalue weighted by atomic mass is 9.90. The highest BCUT2D eigenvalue weighted by Gasteiger charge is 2.24. The van der Waals surface area contributed by atoms with Crippen LogP contribution in [0.1, 0.15) is 33.1 Å². The molecule has 0 fully saturated rings. The molecule has 0 saturated carbocycles. The molecule has 0 bridgehead atoms. The Labute approximate surface area is 103 Å². The highest BCUT2D eigenvalue weighted by atomic mass is 35.5. The maximum atomic E-state index is 5.97. The van der Waals surface area contributed by atoms with Gasteiger partial charge in [-0.2, -0.15) is 0 Å². The molecule has 0 aliphatic heterocycles. The third kappa shape index (κ3) is 3.39. The molecular weight excluding hydrogens is 220 g/mol. The van der Waals surface area contributed by atoms with Gasteiger partial charge in [0.1, 0.15) is 0 Å². The van der Waals surface area contributed by atoms with Crippen LogP contribution in [0.3, 0.4) is 0 Å². The van der Waals surface area contributed by atoms with Gasteiger partial charge in [0.05, 0.1) is 0 Å². The van der Waals surface area contributed by atoms with E-state index in [-0.39, 0.29) is 5.54 Å². The van der Waals surface area contributed by atoms with Crippen LogP contribution >= 0.6 is 11.6 Å². The summed E-state index contributed by atoms with van der Waals surface area (Å²) in [5.74, 6) is 0. The van der Waals surface area contributed by atoms with Gasteiger partial charge in [-0.1, -0.05) is 37.9 Å². The highest BCUT2D eigenvalue weighted by molar-refractivity contribution is 6.30. The molecule has 0 aliphatic carbocycles. The Bertz CT molecular complexity index is 321. The van der Waals surface area contributed by atoms with Crippen LogP contribution in [0, 0.1) is 0 Å². The third-order valence-electron chi connectivity index (χ3n) is 3.03. The van der Waals surface area contributed by atoms with E-state index >= 15 is 0 Å². The summed E-state index contributed by atoms with van der Waals surface area (Å²) in [7, 11) is 0. The molecule has 0 amide bonds. The molecule has 1 atom stereocenters. The van der Waals surface area contributed by atoms with E-state index in [0.29, 0.717) is 6.54 Å². The molecule has 0 aromatic heterocycles. The van der Waals surface area contributed by atoms with Crippen molar-refractivity contribution in [3.05, 3.63) is 29.3 Å². The molecule has 1 aromatic rings. The molecule has 2 nitrogen and oxygen atoms in total. The first-order chi connectivity index (χ1) is 7.65. The van der Waals surface area contributed by atoms with Crippen molar-refractivity contribution in [2.75, 3.05) is 11.9 Å².